The average Bonchev–Trinajstić information content (AvgIpc) is 2.58. The van der Waals surface area contributed by atoms with Gasteiger partial charge in [0.15, 0.2) is 0 Å². The van der Waals surface area contributed by atoms with Crippen molar-refractivity contribution >= 4 is 6.09 Å². The van der Waals surface area contributed by atoms with Gasteiger partial charge in [-0.2, -0.15) is 0 Å². The maximum absolute atomic E-state index is 12.0. The second-order valence-corrected chi connectivity index (χ2v) is 6.02. The number of ether oxygens (including phenoxy) is 1. The van der Waals surface area contributed by atoms with Gasteiger partial charge in [-0.05, 0) is 46.0 Å². The molecule has 2 rings (SSSR count). The van der Waals surface area contributed by atoms with Gasteiger partial charge in [0.2, 0.25) is 0 Å². The van der Waals surface area contributed by atoms with Crippen LogP contribution in [0.1, 0.15) is 40.0 Å². The third-order valence-corrected chi connectivity index (χ3v) is 3.46. The van der Waals surface area contributed by atoms with Crippen molar-refractivity contribution in [3.05, 3.63) is 0 Å². The lowest BCUT2D eigenvalue weighted by Crippen LogP contribution is -2.40. The van der Waals surface area contributed by atoms with Crippen LogP contribution >= 0.6 is 0 Å². The summed E-state index contributed by atoms with van der Waals surface area (Å²) in [5.74, 6) is 0.600. The van der Waals surface area contributed by atoms with Crippen LogP contribution in [0.2, 0.25) is 0 Å². The summed E-state index contributed by atoms with van der Waals surface area (Å²) in [6.07, 6.45) is 2.90. The molecule has 4 nitrogen and oxygen atoms in total. The number of rotatable bonds is 0. The van der Waals surface area contributed by atoms with E-state index in [0.717, 1.165) is 25.8 Å². The molecule has 16 heavy (non-hydrogen) atoms. The van der Waals surface area contributed by atoms with Gasteiger partial charge in [0.05, 0.1) is 0 Å². The molecule has 3 atom stereocenters. The van der Waals surface area contributed by atoms with Crippen LogP contribution in [0.5, 0.6) is 0 Å². The zero-order valence-corrected chi connectivity index (χ0v) is 10.4. The molecule has 1 saturated carbocycles. The van der Waals surface area contributed by atoms with E-state index in [1.165, 1.54) is 0 Å². The van der Waals surface area contributed by atoms with Crippen molar-refractivity contribution in [3.63, 3.8) is 0 Å². The molecule has 1 aliphatic carbocycles. The van der Waals surface area contributed by atoms with E-state index in [9.17, 15) is 4.79 Å². The van der Waals surface area contributed by atoms with E-state index in [2.05, 4.69) is 0 Å². The molecule has 0 bridgehead atoms. The molecule has 4 heteroatoms. The Morgan fingerprint density at radius 2 is 2.06 bits per heavy atom. The van der Waals surface area contributed by atoms with Gasteiger partial charge in [0, 0.05) is 18.6 Å². The van der Waals surface area contributed by atoms with Gasteiger partial charge in [-0.25, -0.2) is 4.79 Å². The summed E-state index contributed by atoms with van der Waals surface area (Å²) in [6.45, 7) is 6.54. The van der Waals surface area contributed by atoms with Crippen LogP contribution in [-0.2, 0) is 4.74 Å². The Labute approximate surface area is 97.1 Å². The first-order chi connectivity index (χ1) is 7.37. The van der Waals surface area contributed by atoms with Crippen molar-refractivity contribution in [3.8, 4) is 0 Å². The number of carbonyl (C=O) groups excluding carboxylic acids is 1. The van der Waals surface area contributed by atoms with E-state index < -0.39 is 5.60 Å². The Kier molecular flexibility index (Phi) is 2.86. The third-order valence-electron chi connectivity index (χ3n) is 3.46. The van der Waals surface area contributed by atoms with Crippen molar-refractivity contribution in [2.75, 3.05) is 6.54 Å². The molecule has 1 heterocycles. The molecule has 92 valence electrons. The number of nitrogens with zero attached hydrogens (tertiary/aromatic N) is 1. The lowest BCUT2D eigenvalue weighted by Gasteiger charge is -2.28. The van der Waals surface area contributed by atoms with E-state index in [4.69, 9.17) is 10.5 Å². The number of nitrogens with two attached hydrogens (primary N) is 1. The number of hydrogen-bond acceptors (Lipinski definition) is 3. The Morgan fingerprint density at radius 3 is 2.69 bits per heavy atom. The van der Waals surface area contributed by atoms with Gasteiger partial charge >= 0.3 is 6.09 Å². The Hall–Kier alpha value is -0.770. The number of hydrogen-bond donors (Lipinski definition) is 1. The fourth-order valence-electron chi connectivity index (χ4n) is 2.85. The molecule has 1 amide bonds. The highest BCUT2D eigenvalue weighted by Gasteiger charge is 2.44. The molecule has 2 N–H and O–H groups in total. The lowest BCUT2D eigenvalue weighted by molar-refractivity contribution is 0.0217. The van der Waals surface area contributed by atoms with Crippen molar-refractivity contribution in [1.29, 1.82) is 0 Å². The summed E-state index contributed by atoms with van der Waals surface area (Å²) in [4.78, 5) is 13.9. The zero-order valence-electron chi connectivity index (χ0n) is 10.4. The minimum Gasteiger partial charge on any atom is -0.444 e. The van der Waals surface area contributed by atoms with Crippen LogP contribution < -0.4 is 5.73 Å². The third kappa shape index (κ3) is 2.32. The van der Waals surface area contributed by atoms with E-state index in [1.807, 2.05) is 25.7 Å². The SMILES string of the molecule is CC(C)(C)OC(=O)N1CC[C@@H]2C[C@H](N)C[C@@H]21. The normalized spacial score (nSPS) is 34.0. The summed E-state index contributed by atoms with van der Waals surface area (Å²) >= 11 is 0. The lowest BCUT2D eigenvalue weighted by atomic mass is 10.0. The average molecular weight is 226 g/mol. The monoisotopic (exact) mass is 226 g/mol. The van der Waals surface area contributed by atoms with E-state index in [0.29, 0.717) is 12.0 Å². The number of fused-ring (bicyclic) bond motifs is 1. The molecule has 1 aliphatic heterocycles. The molecule has 0 spiro atoms. The summed E-state index contributed by atoms with van der Waals surface area (Å²) in [7, 11) is 0. The molecule has 2 aliphatic rings. The van der Waals surface area contributed by atoms with Crippen molar-refractivity contribution in [1.82, 2.24) is 4.90 Å². The van der Waals surface area contributed by atoms with Crippen LogP contribution in [-0.4, -0.2) is 35.2 Å². The number of likely N-dealkylation sites (tertiary alicyclic amines) is 1. The Bertz CT molecular complexity index is 285. The predicted molar refractivity (Wildman–Crippen MR) is 62.0 cm³/mol. The summed E-state index contributed by atoms with van der Waals surface area (Å²) in [5, 5.41) is 0. The molecule has 2 fully saturated rings. The minimum atomic E-state index is -0.407. The van der Waals surface area contributed by atoms with Crippen LogP contribution in [0, 0.1) is 5.92 Å². The molecular weight excluding hydrogens is 204 g/mol. The van der Waals surface area contributed by atoms with Crippen molar-refractivity contribution < 1.29 is 9.53 Å². The van der Waals surface area contributed by atoms with Crippen molar-refractivity contribution in [2.45, 2.75) is 57.7 Å². The highest BCUT2D eigenvalue weighted by molar-refractivity contribution is 5.69. The van der Waals surface area contributed by atoms with Gasteiger partial charge in [0.1, 0.15) is 5.60 Å². The van der Waals surface area contributed by atoms with Gasteiger partial charge < -0.3 is 15.4 Å². The van der Waals surface area contributed by atoms with Crippen LogP contribution in [0.25, 0.3) is 0 Å². The van der Waals surface area contributed by atoms with Crippen LogP contribution in [0.4, 0.5) is 4.79 Å². The Morgan fingerprint density at radius 1 is 1.38 bits per heavy atom. The fraction of sp³-hybridized carbons (Fsp3) is 0.917. The highest BCUT2D eigenvalue weighted by atomic mass is 16.6. The second-order valence-electron chi connectivity index (χ2n) is 6.02. The second kappa shape index (κ2) is 3.91. The smallest absolute Gasteiger partial charge is 0.410 e. The minimum absolute atomic E-state index is 0.172. The quantitative estimate of drug-likeness (QED) is 0.684. The van der Waals surface area contributed by atoms with Gasteiger partial charge in [0.25, 0.3) is 0 Å². The van der Waals surface area contributed by atoms with Gasteiger partial charge in [-0.1, -0.05) is 0 Å². The standard InChI is InChI=1S/C12H22N2O2/c1-12(2,3)16-11(15)14-5-4-8-6-9(13)7-10(8)14/h8-10H,4-7,13H2,1-3H3/t8-,9+,10+/m1/s1. The summed E-state index contributed by atoms with van der Waals surface area (Å²) < 4.78 is 5.41. The van der Waals surface area contributed by atoms with E-state index in [-0.39, 0.29) is 12.1 Å². The fourth-order valence-corrected chi connectivity index (χ4v) is 2.85. The summed E-state index contributed by atoms with van der Waals surface area (Å²) in [6, 6.07) is 0.588. The first-order valence-corrected chi connectivity index (χ1v) is 6.12. The molecular formula is C12H22N2O2. The number of amides is 1. The van der Waals surface area contributed by atoms with Gasteiger partial charge in [-0.15, -0.1) is 0 Å². The van der Waals surface area contributed by atoms with E-state index in [1.54, 1.807) is 0 Å². The van der Waals surface area contributed by atoms with Crippen molar-refractivity contribution in [2.24, 2.45) is 11.7 Å². The summed E-state index contributed by atoms with van der Waals surface area (Å²) in [5.41, 5.74) is 5.53. The molecule has 0 aromatic heterocycles. The highest BCUT2D eigenvalue weighted by Crippen LogP contribution is 2.37. The zero-order chi connectivity index (χ0) is 11.9. The maximum Gasteiger partial charge on any atom is 0.410 e. The number of carbonyl (C=O) groups is 1. The molecule has 0 unspecified atom stereocenters. The Balaban J connectivity index is 1.98. The predicted octanol–water partition coefficient (Wildman–Crippen LogP) is 1.73. The van der Waals surface area contributed by atoms with Gasteiger partial charge in [-0.3, -0.25) is 0 Å². The maximum atomic E-state index is 12.0. The first-order valence-electron chi connectivity index (χ1n) is 6.12. The van der Waals surface area contributed by atoms with Crippen LogP contribution in [0.15, 0.2) is 0 Å². The first kappa shape index (κ1) is 11.7. The van der Waals surface area contributed by atoms with Crippen LogP contribution in [0.3, 0.4) is 0 Å². The largest absolute Gasteiger partial charge is 0.444 e. The molecule has 1 saturated heterocycles. The topological polar surface area (TPSA) is 55.6 Å². The van der Waals surface area contributed by atoms with E-state index >= 15 is 0 Å². The molecule has 0 aromatic carbocycles. The molecule has 0 aromatic rings. The molecule has 0 radical (unpaired) electrons.